The first kappa shape index (κ1) is 13.4. The summed E-state index contributed by atoms with van der Waals surface area (Å²) >= 11 is 0. The molecule has 0 aliphatic carbocycles. The number of fused-ring (bicyclic) bond motifs is 1. The summed E-state index contributed by atoms with van der Waals surface area (Å²) in [7, 11) is -3.33. The van der Waals surface area contributed by atoms with E-state index in [9.17, 15) is 8.42 Å². The lowest BCUT2D eigenvalue weighted by molar-refractivity contribution is 0.594. The second-order valence-electron chi connectivity index (χ2n) is 5.02. The number of rotatable bonds is 4. The summed E-state index contributed by atoms with van der Waals surface area (Å²) in [5.74, 6) is 0.0592. The topological polar surface area (TPSA) is 63.4 Å². The fourth-order valence-electron chi connectivity index (χ4n) is 2.42. The van der Waals surface area contributed by atoms with Crippen molar-refractivity contribution in [3.05, 3.63) is 28.8 Å². The Bertz CT molecular complexity index is 552. The van der Waals surface area contributed by atoms with Crippen LogP contribution in [0.4, 0.5) is 5.69 Å². The summed E-state index contributed by atoms with van der Waals surface area (Å²) < 4.78 is 21.8. The molecule has 0 unspecified atom stereocenters. The zero-order valence-corrected chi connectivity index (χ0v) is 11.8. The van der Waals surface area contributed by atoms with Gasteiger partial charge in [0.2, 0.25) is 10.0 Å². The van der Waals surface area contributed by atoms with Gasteiger partial charge in [0.05, 0.1) is 5.75 Å². The summed E-state index contributed by atoms with van der Waals surface area (Å²) in [5, 5.41) is 5.01. The third kappa shape index (κ3) is 3.03. The Morgan fingerprint density at radius 1 is 1.28 bits per heavy atom. The van der Waals surface area contributed by atoms with Crippen molar-refractivity contribution < 1.29 is 8.42 Å². The molecular formula is C13H20N2O2S. The van der Waals surface area contributed by atoms with Crippen molar-refractivity contribution in [2.45, 2.75) is 26.7 Å². The van der Waals surface area contributed by atoms with Crippen LogP contribution < -0.4 is 10.0 Å². The lowest BCUT2D eigenvalue weighted by atomic mass is 10.0. The third-order valence-electron chi connectivity index (χ3n) is 3.54. The molecule has 0 amide bonds. The molecule has 0 atom stereocenters. The number of sulfonamides is 1. The molecule has 1 aliphatic heterocycles. The molecule has 18 heavy (non-hydrogen) atoms. The van der Waals surface area contributed by atoms with Crippen molar-refractivity contribution in [3.63, 3.8) is 0 Å². The van der Waals surface area contributed by atoms with Crippen LogP contribution in [-0.4, -0.2) is 27.3 Å². The molecule has 5 heteroatoms. The maximum absolute atomic E-state index is 10.9. The second-order valence-corrected chi connectivity index (χ2v) is 6.76. The molecule has 4 nitrogen and oxygen atoms in total. The molecule has 2 rings (SSSR count). The third-order valence-corrected chi connectivity index (χ3v) is 4.40. The fraction of sp³-hybridized carbons (Fsp3) is 0.538. The van der Waals surface area contributed by atoms with E-state index in [0.717, 1.165) is 19.5 Å². The predicted octanol–water partition coefficient (Wildman–Crippen LogP) is 1.34. The van der Waals surface area contributed by atoms with Crippen LogP contribution >= 0.6 is 0 Å². The first-order valence-electron chi connectivity index (χ1n) is 6.22. The number of nitrogens with two attached hydrogens (primary N) is 1. The molecule has 0 spiro atoms. The monoisotopic (exact) mass is 268 g/mol. The minimum Gasteiger partial charge on any atom is -0.371 e. The summed E-state index contributed by atoms with van der Waals surface area (Å²) in [4.78, 5) is 2.26. The van der Waals surface area contributed by atoms with Crippen LogP contribution in [0.15, 0.2) is 12.1 Å². The van der Waals surface area contributed by atoms with Crippen molar-refractivity contribution in [1.82, 2.24) is 0 Å². The predicted molar refractivity (Wildman–Crippen MR) is 74.4 cm³/mol. The standard InChI is InChI=1S/C13H20N2O2S/c1-10-8-12-4-6-15(13(12)9-11(10)2)5-3-7-18(14,16)17/h8-9H,3-7H2,1-2H3,(H2,14,16,17). The van der Waals surface area contributed by atoms with Crippen LogP contribution in [0.1, 0.15) is 23.1 Å². The summed E-state index contributed by atoms with van der Waals surface area (Å²) in [6, 6.07) is 4.44. The highest BCUT2D eigenvalue weighted by atomic mass is 32.2. The maximum atomic E-state index is 10.9. The molecule has 0 aromatic heterocycles. The van der Waals surface area contributed by atoms with Crippen molar-refractivity contribution in [1.29, 1.82) is 0 Å². The Balaban J connectivity index is 2.05. The van der Waals surface area contributed by atoms with Gasteiger partial charge in [0.25, 0.3) is 0 Å². The van der Waals surface area contributed by atoms with Gasteiger partial charge in [-0.2, -0.15) is 0 Å². The van der Waals surface area contributed by atoms with E-state index in [0.29, 0.717) is 6.42 Å². The molecular weight excluding hydrogens is 248 g/mol. The Morgan fingerprint density at radius 2 is 1.94 bits per heavy atom. The van der Waals surface area contributed by atoms with Gasteiger partial charge < -0.3 is 4.90 Å². The highest BCUT2D eigenvalue weighted by Gasteiger charge is 2.19. The summed E-state index contributed by atoms with van der Waals surface area (Å²) in [6.45, 7) is 5.96. The molecule has 100 valence electrons. The van der Waals surface area contributed by atoms with Gasteiger partial charge in [0, 0.05) is 18.8 Å². The van der Waals surface area contributed by atoms with Crippen molar-refractivity contribution >= 4 is 15.7 Å². The lowest BCUT2D eigenvalue weighted by Gasteiger charge is -2.19. The summed E-state index contributed by atoms with van der Waals surface area (Å²) in [5.41, 5.74) is 5.23. The van der Waals surface area contributed by atoms with Crippen LogP contribution in [0, 0.1) is 13.8 Å². The zero-order chi connectivity index (χ0) is 13.3. The molecule has 1 aromatic rings. The van der Waals surface area contributed by atoms with Gasteiger partial charge in [0.1, 0.15) is 0 Å². The van der Waals surface area contributed by atoms with Gasteiger partial charge in [-0.1, -0.05) is 6.07 Å². The van der Waals surface area contributed by atoms with Crippen molar-refractivity contribution in [2.24, 2.45) is 5.14 Å². The van der Waals surface area contributed by atoms with Gasteiger partial charge in [0.15, 0.2) is 0 Å². The highest BCUT2D eigenvalue weighted by Crippen LogP contribution is 2.30. The van der Waals surface area contributed by atoms with Gasteiger partial charge in [-0.05, 0) is 49.4 Å². The van der Waals surface area contributed by atoms with Gasteiger partial charge in [-0.25, -0.2) is 13.6 Å². The lowest BCUT2D eigenvalue weighted by Crippen LogP contribution is -2.25. The van der Waals surface area contributed by atoms with Crippen molar-refractivity contribution in [2.75, 3.05) is 23.7 Å². The second kappa shape index (κ2) is 4.90. The molecule has 0 radical (unpaired) electrons. The number of nitrogens with zero attached hydrogens (tertiary/aromatic N) is 1. The number of aryl methyl sites for hydroxylation is 2. The number of hydrogen-bond donors (Lipinski definition) is 1. The minimum absolute atomic E-state index is 0.0592. The van der Waals surface area contributed by atoms with Gasteiger partial charge in [-0.15, -0.1) is 0 Å². The van der Waals surface area contributed by atoms with E-state index in [-0.39, 0.29) is 5.75 Å². The molecule has 0 bridgehead atoms. The molecule has 1 aromatic carbocycles. The smallest absolute Gasteiger partial charge is 0.209 e. The van der Waals surface area contributed by atoms with Crippen LogP contribution in [0.3, 0.4) is 0 Å². The zero-order valence-electron chi connectivity index (χ0n) is 10.9. The van der Waals surface area contributed by atoms with E-state index < -0.39 is 10.0 Å². The maximum Gasteiger partial charge on any atom is 0.209 e. The van der Waals surface area contributed by atoms with Crippen LogP contribution in [-0.2, 0) is 16.4 Å². The van der Waals surface area contributed by atoms with E-state index in [1.807, 2.05) is 0 Å². The Hall–Kier alpha value is -1.07. The Morgan fingerprint density at radius 3 is 2.61 bits per heavy atom. The first-order valence-corrected chi connectivity index (χ1v) is 7.94. The van der Waals surface area contributed by atoms with Gasteiger partial charge in [-0.3, -0.25) is 0 Å². The molecule has 1 heterocycles. The summed E-state index contributed by atoms with van der Waals surface area (Å²) in [6.07, 6.45) is 1.64. The van der Waals surface area contributed by atoms with Crippen molar-refractivity contribution in [3.8, 4) is 0 Å². The van der Waals surface area contributed by atoms with E-state index in [1.165, 1.54) is 22.4 Å². The van der Waals surface area contributed by atoms with Gasteiger partial charge >= 0.3 is 0 Å². The van der Waals surface area contributed by atoms with Crippen LogP contribution in [0.5, 0.6) is 0 Å². The fourth-order valence-corrected chi connectivity index (χ4v) is 2.95. The van der Waals surface area contributed by atoms with E-state index in [1.54, 1.807) is 0 Å². The van der Waals surface area contributed by atoms with Crippen LogP contribution in [0.2, 0.25) is 0 Å². The first-order chi connectivity index (χ1) is 8.37. The average Bonchev–Trinajstić information content (AvgIpc) is 2.60. The van der Waals surface area contributed by atoms with E-state index in [2.05, 4.69) is 30.9 Å². The number of hydrogen-bond acceptors (Lipinski definition) is 3. The van der Waals surface area contributed by atoms with Crippen LogP contribution in [0.25, 0.3) is 0 Å². The quantitative estimate of drug-likeness (QED) is 0.896. The number of anilines is 1. The molecule has 2 N–H and O–H groups in total. The van der Waals surface area contributed by atoms with E-state index >= 15 is 0 Å². The highest BCUT2D eigenvalue weighted by molar-refractivity contribution is 7.89. The normalized spacial score (nSPS) is 14.9. The Labute approximate surface area is 109 Å². The van der Waals surface area contributed by atoms with E-state index in [4.69, 9.17) is 5.14 Å². The number of primary sulfonamides is 1. The SMILES string of the molecule is Cc1cc2c(cc1C)N(CCCS(N)(=O)=O)CC2. The molecule has 0 saturated carbocycles. The average molecular weight is 268 g/mol. The molecule has 1 aliphatic rings. The molecule has 0 saturated heterocycles. The minimum atomic E-state index is -3.33. The molecule has 0 fully saturated rings. The number of benzene rings is 1. The largest absolute Gasteiger partial charge is 0.371 e. The Kier molecular flexibility index (Phi) is 3.64.